The van der Waals surface area contributed by atoms with E-state index in [1.54, 1.807) is 4.31 Å². The van der Waals surface area contributed by atoms with Crippen LogP contribution in [-0.2, 0) is 15.9 Å². The first-order valence-corrected chi connectivity index (χ1v) is 8.65. The number of alkyl halides is 1. The number of rotatable bonds is 3. The molecule has 1 aliphatic heterocycles. The number of hydrogen-bond donors (Lipinski definition) is 0. The third-order valence-corrected chi connectivity index (χ3v) is 6.82. The molecule has 1 aromatic rings. The third kappa shape index (κ3) is 1.94. The van der Waals surface area contributed by atoms with Crippen molar-refractivity contribution in [3.63, 3.8) is 0 Å². The first kappa shape index (κ1) is 13.0. The summed E-state index contributed by atoms with van der Waals surface area (Å²) in [4.78, 5) is 0.200. The predicted octanol–water partition coefficient (Wildman–Crippen LogP) is 2.95. The van der Waals surface area contributed by atoms with Crippen LogP contribution in [0.25, 0.3) is 0 Å². The van der Waals surface area contributed by atoms with Gasteiger partial charge in [-0.2, -0.15) is 4.31 Å². The predicted molar refractivity (Wildman–Crippen MR) is 71.0 cm³/mol. The Kier molecular flexibility index (Phi) is 3.25. The third-order valence-electron chi connectivity index (χ3n) is 3.78. The van der Waals surface area contributed by atoms with Gasteiger partial charge in [0.25, 0.3) is 0 Å². The molecule has 100 valence electrons. The molecule has 2 bridgehead atoms. The highest BCUT2D eigenvalue weighted by atomic mass is 79.9. The minimum Gasteiger partial charge on any atom is -0.452 e. The molecular formula is C11H13BrClNO3S. The quantitative estimate of drug-likeness (QED) is 0.784. The van der Waals surface area contributed by atoms with Gasteiger partial charge in [0.05, 0.1) is 5.88 Å². The molecule has 1 aliphatic carbocycles. The summed E-state index contributed by atoms with van der Waals surface area (Å²) < 4.78 is 32.3. The second-order valence-electron chi connectivity index (χ2n) is 4.89. The zero-order valence-corrected chi connectivity index (χ0v) is 12.8. The fraction of sp³-hybridized carbons (Fsp3) is 0.636. The molecule has 7 heteroatoms. The van der Waals surface area contributed by atoms with Crippen molar-refractivity contribution in [3.8, 4) is 0 Å². The van der Waals surface area contributed by atoms with Crippen LogP contribution in [0.2, 0.25) is 0 Å². The summed E-state index contributed by atoms with van der Waals surface area (Å²) in [6.45, 7) is 0.640. The summed E-state index contributed by atoms with van der Waals surface area (Å²) in [7, 11) is -3.46. The van der Waals surface area contributed by atoms with Crippen LogP contribution in [0.1, 0.15) is 25.0 Å². The van der Waals surface area contributed by atoms with Gasteiger partial charge in [0, 0.05) is 18.7 Å². The normalized spacial score (nSPS) is 28.1. The van der Waals surface area contributed by atoms with Crippen molar-refractivity contribution in [2.45, 2.75) is 36.1 Å². The van der Waals surface area contributed by atoms with Crippen molar-refractivity contribution >= 4 is 37.6 Å². The Hall–Kier alpha value is -0.0400. The molecule has 2 unspecified atom stereocenters. The van der Waals surface area contributed by atoms with Crippen molar-refractivity contribution in [3.05, 3.63) is 16.5 Å². The van der Waals surface area contributed by atoms with Gasteiger partial charge in [0.2, 0.25) is 10.0 Å². The number of fused-ring (bicyclic) bond motifs is 2. The fourth-order valence-corrected chi connectivity index (χ4v) is 5.78. The molecule has 1 aromatic heterocycles. The van der Waals surface area contributed by atoms with Crippen LogP contribution in [0.4, 0.5) is 0 Å². The van der Waals surface area contributed by atoms with E-state index in [-0.39, 0.29) is 21.5 Å². The van der Waals surface area contributed by atoms with Crippen molar-refractivity contribution in [1.82, 2.24) is 4.31 Å². The molecular weight excluding hydrogens is 342 g/mol. The highest BCUT2D eigenvalue weighted by Gasteiger charge is 2.45. The van der Waals surface area contributed by atoms with Crippen molar-refractivity contribution < 1.29 is 12.8 Å². The first-order chi connectivity index (χ1) is 8.52. The van der Waals surface area contributed by atoms with Crippen LogP contribution in [0.5, 0.6) is 0 Å². The maximum Gasteiger partial charge on any atom is 0.247 e. The minimum absolute atomic E-state index is 0.167. The summed E-state index contributed by atoms with van der Waals surface area (Å²) in [5.41, 5.74) is 0. The zero-order chi connectivity index (χ0) is 12.9. The lowest BCUT2D eigenvalue weighted by molar-refractivity contribution is 0.333. The molecule has 2 atom stereocenters. The van der Waals surface area contributed by atoms with E-state index < -0.39 is 10.0 Å². The van der Waals surface area contributed by atoms with Crippen LogP contribution in [0, 0.1) is 5.92 Å². The topological polar surface area (TPSA) is 50.5 Å². The molecule has 4 nitrogen and oxygen atoms in total. The summed E-state index contributed by atoms with van der Waals surface area (Å²) in [5.74, 6) is 1.16. The molecule has 2 heterocycles. The largest absolute Gasteiger partial charge is 0.452 e. The second-order valence-corrected chi connectivity index (χ2v) is 7.74. The average Bonchev–Trinajstić information content (AvgIpc) is 3.02. The second kappa shape index (κ2) is 4.51. The van der Waals surface area contributed by atoms with Gasteiger partial charge in [0.1, 0.15) is 10.7 Å². The van der Waals surface area contributed by atoms with E-state index in [0.29, 0.717) is 18.2 Å². The highest BCUT2D eigenvalue weighted by molar-refractivity contribution is 9.10. The van der Waals surface area contributed by atoms with Crippen LogP contribution in [-0.4, -0.2) is 25.3 Å². The highest BCUT2D eigenvalue weighted by Crippen LogP contribution is 2.42. The number of halogens is 2. The smallest absolute Gasteiger partial charge is 0.247 e. The molecule has 2 fully saturated rings. The number of hydrogen-bond acceptors (Lipinski definition) is 3. The maximum atomic E-state index is 12.6. The zero-order valence-electron chi connectivity index (χ0n) is 9.60. The van der Waals surface area contributed by atoms with Crippen molar-refractivity contribution in [2.24, 2.45) is 5.92 Å². The Morgan fingerprint density at radius 2 is 2.28 bits per heavy atom. The molecule has 0 spiro atoms. The lowest BCUT2D eigenvalue weighted by atomic mass is 10.1. The van der Waals surface area contributed by atoms with Gasteiger partial charge in [0.15, 0.2) is 4.67 Å². The van der Waals surface area contributed by atoms with E-state index in [9.17, 15) is 8.42 Å². The molecule has 0 radical (unpaired) electrons. The summed E-state index contributed by atoms with van der Waals surface area (Å²) in [6, 6.07) is 1.68. The average molecular weight is 355 g/mol. The SMILES string of the molecule is O=S(=O)(c1cc(CCl)oc1Br)N1CC2CCC1C2. The monoisotopic (exact) mass is 353 g/mol. The Morgan fingerprint density at radius 3 is 2.78 bits per heavy atom. The minimum atomic E-state index is -3.46. The lowest BCUT2D eigenvalue weighted by Gasteiger charge is -2.25. The Bertz CT molecular complexity index is 571. The Balaban J connectivity index is 1.97. The van der Waals surface area contributed by atoms with Gasteiger partial charge in [-0.15, -0.1) is 11.6 Å². The number of furan rings is 1. The molecule has 1 saturated heterocycles. The summed E-state index contributed by atoms with van der Waals surface area (Å²) in [5, 5.41) is 0. The van der Waals surface area contributed by atoms with Crippen molar-refractivity contribution in [2.75, 3.05) is 6.54 Å². The summed E-state index contributed by atoms with van der Waals surface area (Å²) >= 11 is 8.82. The van der Waals surface area contributed by atoms with Crippen LogP contribution < -0.4 is 0 Å². The van der Waals surface area contributed by atoms with E-state index in [2.05, 4.69) is 15.9 Å². The summed E-state index contributed by atoms with van der Waals surface area (Å²) in [6.07, 6.45) is 3.12. The van der Waals surface area contributed by atoms with Crippen LogP contribution in [0.15, 0.2) is 20.0 Å². The van der Waals surface area contributed by atoms with E-state index in [4.69, 9.17) is 16.0 Å². The first-order valence-electron chi connectivity index (χ1n) is 5.88. The van der Waals surface area contributed by atoms with E-state index in [0.717, 1.165) is 19.3 Å². The maximum absolute atomic E-state index is 12.6. The van der Waals surface area contributed by atoms with Gasteiger partial charge >= 0.3 is 0 Å². The van der Waals surface area contributed by atoms with Gasteiger partial charge in [-0.1, -0.05) is 0 Å². The molecule has 0 aromatic carbocycles. The molecule has 0 amide bonds. The van der Waals surface area contributed by atoms with E-state index in [1.807, 2.05) is 0 Å². The molecule has 3 rings (SSSR count). The number of piperidine rings is 1. The van der Waals surface area contributed by atoms with E-state index >= 15 is 0 Å². The standard InChI is InChI=1S/C11H13BrClNO3S/c12-11-10(4-9(5-13)17-11)18(15,16)14-6-7-1-2-8(14)3-7/h4,7-8H,1-3,5-6H2. The van der Waals surface area contributed by atoms with E-state index in [1.165, 1.54) is 6.07 Å². The molecule has 18 heavy (non-hydrogen) atoms. The number of nitrogens with zero attached hydrogens (tertiary/aromatic N) is 1. The molecule has 0 N–H and O–H groups in total. The molecule has 1 saturated carbocycles. The van der Waals surface area contributed by atoms with Gasteiger partial charge < -0.3 is 4.42 Å². The Morgan fingerprint density at radius 1 is 1.50 bits per heavy atom. The van der Waals surface area contributed by atoms with Crippen LogP contribution in [0.3, 0.4) is 0 Å². The van der Waals surface area contributed by atoms with Gasteiger partial charge in [-0.3, -0.25) is 0 Å². The van der Waals surface area contributed by atoms with Gasteiger partial charge in [-0.05, 0) is 41.1 Å². The molecule has 2 aliphatic rings. The van der Waals surface area contributed by atoms with Gasteiger partial charge in [-0.25, -0.2) is 8.42 Å². The van der Waals surface area contributed by atoms with Crippen molar-refractivity contribution in [1.29, 1.82) is 0 Å². The van der Waals surface area contributed by atoms with Crippen LogP contribution >= 0.6 is 27.5 Å². The fourth-order valence-electron chi connectivity index (χ4n) is 2.94. The lowest BCUT2D eigenvalue weighted by Crippen LogP contribution is -2.37. The Labute approximate surface area is 119 Å². The number of sulfonamides is 1.